The van der Waals surface area contributed by atoms with Crippen molar-refractivity contribution in [2.75, 3.05) is 10.6 Å². The van der Waals surface area contributed by atoms with Gasteiger partial charge in [-0.25, -0.2) is 9.97 Å². The van der Waals surface area contributed by atoms with Crippen LogP contribution in [0.2, 0.25) is 0 Å². The molecule has 0 bridgehead atoms. The SMILES string of the molecule is N=C(N)Nc1ccc2nc(-c3ccc(-c4nc5ccc(NC(=N)N)cc5[nH]4)cc3)[nH]c2c1. The minimum Gasteiger partial charge on any atom is -0.370 e. The number of hydrogen-bond acceptors (Lipinski definition) is 4. The van der Waals surface area contributed by atoms with Crippen molar-refractivity contribution in [3.63, 3.8) is 0 Å². The maximum atomic E-state index is 7.36. The number of anilines is 2. The highest BCUT2D eigenvalue weighted by molar-refractivity contribution is 5.93. The first kappa shape index (κ1) is 19.1. The number of hydrogen-bond donors (Lipinski definition) is 8. The molecule has 0 fully saturated rings. The second kappa shape index (κ2) is 7.43. The summed E-state index contributed by atoms with van der Waals surface area (Å²) >= 11 is 0. The molecule has 0 saturated carbocycles. The van der Waals surface area contributed by atoms with Gasteiger partial charge in [-0.2, -0.15) is 0 Å². The van der Waals surface area contributed by atoms with Gasteiger partial charge in [0, 0.05) is 22.5 Å². The predicted octanol–water partition coefficient (Wildman–Crippen LogP) is 3.38. The van der Waals surface area contributed by atoms with Crippen molar-refractivity contribution in [3.8, 4) is 22.8 Å². The van der Waals surface area contributed by atoms with Crippen LogP contribution in [0.5, 0.6) is 0 Å². The third-order valence-corrected chi connectivity index (χ3v) is 4.95. The molecule has 0 aliphatic carbocycles. The first-order chi connectivity index (χ1) is 15.4. The van der Waals surface area contributed by atoms with Crippen molar-refractivity contribution >= 4 is 45.4 Å². The lowest BCUT2D eigenvalue weighted by Crippen LogP contribution is -2.20. The van der Waals surface area contributed by atoms with Crippen LogP contribution in [-0.4, -0.2) is 31.9 Å². The van der Waals surface area contributed by atoms with Crippen LogP contribution in [0, 0.1) is 10.8 Å². The fourth-order valence-corrected chi connectivity index (χ4v) is 3.55. The van der Waals surface area contributed by atoms with E-state index in [1.165, 1.54) is 0 Å². The number of nitrogens with zero attached hydrogens (tertiary/aromatic N) is 2. The number of guanidine groups is 2. The fraction of sp³-hybridized carbons (Fsp3) is 0. The Morgan fingerprint density at radius 3 is 1.44 bits per heavy atom. The van der Waals surface area contributed by atoms with Gasteiger partial charge >= 0.3 is 0 Å². The van der Waals surface area contributed by atoms with E-state index in [1.54, 1.807) is 0 Å². The van der Waals surface area contributed by atoms with Crippen molar-refractivity contribution in [1.82, 2.24) is 19.9 Å². The Labute approximate surface area is 182 Å². The molecule has 0 atom stereocenters. The molecule has 0 aliphatic heterocycles. The molecule has 2 heterocycles. The molecule has 3 aromatic carbocycles. The highest BCUT2D eigenvalue weighted by Gasteiger charge is 2.10. The summed E-state index contributed by atoms with van der Waals surface area (Å²) in [5, 5.41) is 20.3. The van der Waals surface area contributed by atoms with E-state index in [2.05, 4.69) is 30.6 Å². The monoisotopic (exact) mass is 424 g/mol. The number of nitrogens with one attached hydrogen (secondary N) is 6. The van der Waals surface area contributed by atoms with E-state index >= 15 is 0 Å². The van der Waals surface area contributed by atoms with Crippen LogP contribution in [0.25, 0.3) is 44.8 Å². The average molecular weight is 424 g/mol. The maximum absolute atomic E-state index is 7.36. The molecule has 10 nitrogen and oxygen atoms in total. The number of aromatic nitrogens is 4. The molecule has 2 aromatic heterocycles. The van der Waals surface area contributed by atoms with E-state index in [9.17, 15) is 0 Å². The second-order valence-electron chi connectivity index (χ2n) is 7.29. The van der Waals surface area contributed by atoms with Crippen LogP contribution >= 0.6 is 0 Å². The zero-order valence-electron chi connectivity index (χ0n) is 16.8. The van der Waals surface area contributed by atoms with Crippen molar-refractivity contribution in [3.05, 3.63) is 60.7 Å². The van der Waals surface area contributed by atoms with Gasteiger partial charge in [-0.05, 0) is 36.4 Å². The van der Waals surface area contributed by atoms with E-state index in [0.717, 1.165) is 56.2 Å². The summed E-state index contributed by atoms with van der Waals surface area (Å²) < 4.78 is 0. The average Bonchev–Trinajstić information content (AvgIpc) is 3.36. The molecule has 0 radical (unpaired) electrons. The Balaban J connectivity index is 1.42. The molecule has 5 rings (SSSR count). The highest BCUT2D eigenvalue weighted by atomic mass is 15.1. The van der Waals surface area contributed by atoms with Gasteiger partial charge in [0.1, 0.15) is 11.6 Å². The lowest BCUT2D eigenvalue weighted by molar-refractivity contribution is 1.32. The number of H-pyrrole nitrogens is 2. The molecule has 0 amide bonds. The summed E-state index contributed by atoms with van der Waals surface area (Å²) in [7, 11) is 0. The fourth-order valence-electron chi connectivity index (χ4n) is 3.55. The number of rotatable bonds is 4. The molecule has 0 spiro atoms. The summed E-state index contributed by atoms with van der Waals surface area (Å²) in [5.74, 6) is 1.26. The van der Waals surface area contributed by atoms with Gasteiger partial charge in [0.25, 0.3) is 0 Å². The van der Waals surface area contributed by atoms with Gasteiger partial charge in [-0.1, -0.05) is 24.3 Å². The maximum Gasteiger partial charge on any atom is 0.190 e. The van der Waals surface area contributed by atoms with E-state index in [1.807, 2.05) is 60.7 Å². The molecule has 5 aromatic rings. The Morgan fingerprint density at radius 2 is 1.06 bits per heavy atom. The van der Waals surface area contributed by atoms with Gasteiger partial charge < -0.3 is 32.1 Å². The van der Waals surface area contributed by atoms with Crippen molar-refractivity contribution in [1.29, 1.82) is 10.8 Å². The lowest BCUT2D eigenvalue weighted by Gasteiger charge is -2.02. The Hall–Kier alpha value is -4.86. The third-order valence-electron chi connectivity index (χ3n) is 4.95. The molecule has 0 unspecified atom stereocenters. The van der Waals surface area contributed by atoms with E-state index in [-0.39, 0.29) is 11.9 Å². The molecule has 10 heteroatoms. The standard InChI is InChI=1S/C22H20N10/c23-21(24)27-13-5-7-15-17(9-13)31-19(29-15)11-1-2-12(4-3-11)20-30-16-8-6-14(28-22(25)26)10-18(16)32-20/h1-10H,(H,29,31)(H,30,32)(H4,23,24,27)(H4,25,26,28). The zero-order valence-corrected chi connectivity index (χ0v) is 16.8. The highest BCUT2D eigenvalue weighted by Crippen LogP contribution is 2.27. The first-order valence-electron chi connectivity index (χ1n) is 9.77. The van der Waals surface area contributed by atoms with Crippen LogP contribution in [-0.2, 0) is 0 Å². The van der Waals surface area contributed by atoms with E-state index in [0.29, 0.717) is 0 Å². The topological polar surface area (TPSA) is 181 Å². The summed E-state index contributed by atoms with van der Waals surface area (Å²) in [4.78, 5) is 15.9. The minimum atomic E-state index is -0.114. The number of imidazole rings is 2. The van der Waals surface area contributed by atoms with E-state index in [4.69, 9.17) is 22.3 Å². The van der Waals surface area contributed by atoms with Crippen LogP contribution in [0.1, 0.15) is 0 Å². The normalized spacial score (nSPS) is 11.0. The number of nitrogens with two attached hydrogens (primary N) is 2. The van der Waals surface area contributed by atoms with Gasteiger partial charge in [-0.15, -0.1) is 0 Å². The summed E-state index contributed by atoms with van der Waals surface area (Å²) in [6.07, 6.45) is 0. The quantitative estimate of drug-likeness (QED) is 0.162. The molecular formula is C22H20N10. The van der Waals surface area contributed by atoms with Crippen LogP contribution in [0.4, 0.5) is 11.4 Å². The van der Waals surface area contributed by atoms with Crippen LogP contribution in [0.15, 0.2) is 60.7 Å². The smallest absolute Gasteiger partial charge is 0.190 e. The molecule has 0 aliphatic rings. The summed E-state index contributed by atoms with van der Waals surface area (Å²) in [6, 6.07) is 19.1. The van der Waals surface area contributed by atoms with Crippen molar-refractivity contribution in [2.45, 2.75) is 0 Å². The Bertz CT molecular complexity index is 1360. The van der Waals surface area contributed by atoms with Gasteiger partial charge in [0.2, 0.25) is 0 Å². The number of fused-ring (bicyclic) bond motifs is 2. The van der Waals surface area contributed by atoms with Crippen molar-refractivity contribution in [2.24, 2.45) is 11.5 Å². The molecular weight excluding hydrogens is 404 g/mol. The Kier molecular flexibility index (Phi) is 4.44. The number of aromatic amines is 2. The molecule has 10 N–H and O–H groups in total. The van der Waals surface area contributed by atoms with Crippen molar-refractivity contribution < 1.29 is 0 Å². The zero-order chi connectivity index (χ0) is 22.2. The lowest BCUT2D eigenvalue weighted by atomic mass is 10.1. The summed E-state index contributed by atoms with van der Waals surface area (Å²) in [6.45, 7) is 0. The Morgan fingerprint density at radius 1 is 0.656 bits per heavy atom. The summed E-state index contributed by atoms with van der Waals surface area (Å²) in [5.41, 5.74) is 17.5. The second-order valence-corrected chi connectivity index (χ2v) is 7.29. The van der Waals surface area contributed by atoms with E-state index < -0.39 is 0 Å². The third kappa shape index (κ3) is 3.67. The largest absolute Gasteiger partial charge is 0.370 e. The molecule has 158 valence electrons. The molecule has 32 heavy (non-hydrogen) atoms. The number of benzene rings is 3. The molecule has 0 saturated heterocycles. The van der Waals surface area contributed by atoms with Crippen LogP contribution < -0.4 is 22.1 Å². The van der Waals surface area contributed by atoms with Gasteiger partial charge in [0.05, 0.1) is 22.1 Å². The minimum absolute atomic E-state index is 0.114. The predicted molar refractivity (Wildman–Crippen MR) is 128 cm³/mol. The van der Waals surface area contributed by atoms with Crippen LogP contribution in [0.3, 0.4) is 0 Å². The van der Waals surface area contributed by atoms with Gasteiger partial charge in [0.15, 0.2) is 11.9 Å². The van der Waals surface area contributed by atoms with Gasteiger partial charge in [-0.3, -0.25) is 10.8 Å². The first-order valence-corrected chi connectivity index (χ1v) is 9.77.